The second kappa shape index (κ2) is 8.11. The van der Waals surface area contributed by atoms with E-state index in [9.17, 15) is 19.8 Å². The molecule has 0 radical (unpaired) electrons. The molecule has 124 valence electrons. The second-order valence-corrected chi connectivity index (χ2v) is 5.47. The SMILES string of the molecule is O=C([O-])COc1ccccc1C=NNC(=O)c1cc(Br)ccc1O. The molecule has 0 heterocycles. The van der Waals surface area contributed by atoms with E-state index in [1.54, 1.807) is 30.3 Å². The van der Waals surface area contributed by atoms with E-state index in [4.69, 9.17) is 4.74 Å². The summed E-state index contributed by atoms with van der Waals surface area (Å²) in [6.45, 7) is -0.594. The molecule has 0 aliphatic rings. The van der Waals surface area contributed by atoms with Crippen LogP contribution in [0.2, 0.25) is 0 Å². The van der Waals surface area contributed by atoms with Gasteiger partial charge in [-0.3, -0.25) is 4.79 Å². The number of aliphatic carboxylic acids is 1. The molecule has 24 heavy (non-hydrogen) atoms. The molecule has 1 amide bonds. The number of hydrogen-bond donors (Lipinski definition) is 2. The molecule has 0 aliphatic heterocycles. The van der Waals surface area contributed by atoms with Gasteiger partial charge in [-0.05, 0) is 30.3 Å². The third-order valence-corrected chi connectivity index (χ3v) is 3.33. The Kier molecular flexibility index (Phi) is 5.91. The summed E-state index contributed by atoms with van der Waals surface area (Å²) in [7, 11) is 0. The lowest BCUT2D eigenvalue weighted by molar-refractivity contribution is -0.307. The first-order valence-corrected chi connectivity index (χ1v) is 7.50. The summed E-state index contributed by atoms with van der Waals surface area (Å²) >= 11 is 3.21. The monoisotopic (exact) mass is 391 g/mol. The number of nitrogens with zero attached hydrogens (tertiary/aromatic N) is 1. The summed E-state index contributed by atoms with van der Waals surface area (Å²) in [6, 6.07) is 11.0. The van der Waals surface area contributed by atoms with Gasteiger partial charge in [0.15, 0.2) is 0 Å². The fourth-order valence-corrected chi connectivity index (χ4v) is 2.13. The van der Waals surface area contributed by atoms with Crippen LogP contribution in [0.3, 0.4) is 0 Å². The van der Waals surface area contributed by atoms with E-state index in [1.807, 2.05) is 0 Å². The summed E-state index contributed by atoms with van der Waals surface area (Å²) < 4.78 is 5.70. The summed E-state index contributed by atoms with van der Waals surface area (Å²) in [5, 5.41) is 23.9. The van der Waals surface area contributed by atoms with E-state index < -0.39 is 18.5 Å². The van der Waals surface area contributed by atoms with Crippen LogP contribution in [0, 0.1) is 0 Å². The van der Waals surface area contributed by atoms with Crippen molar-refractivity contribution in [3.63, 3.8) is 0 Å². The molecule has 2 aromatic carbocycles. The Bertz CT molecular complexity index is 792. The predicted octanol–water partition coefficient (Wildman–Crippen LogP) is 1.05. The van der Waals surface area contributed by atoms with Gasteiger partial charge in [0.25, 0.3) is 5.91 Å². The minimum absolute atomic E-state index is 0.0583. The Hall–Kier alpha value is -2.87. The summed E-state index contributed by atoms with van der Waals surface area (Å²) in [5.41, 5.74) is 2.80. The van der Waals surface area contributed by atoms with Crippen molar-refractivity contribution in [2.75, 3.05) is 6.61 Å². The number of rotatable bonds is 6. The molecule has 0 aromatic heterocycles. The average molecular weight is 392 g/mol. The zero-order valence-corrected chi connectivity index (χ0v) is 13.8. The molecule has 7 nitrogen and oxygen atoms in total. The van der Waals surface area contributed by atoms with Gasteiger partial charge in [-0.1, -0.05) is 28.1 Å². The third kappa shape index (κ3) is 4.82. The number of carbonyl (C=O) groups excluding carboxylic acids is 2. The van der Waals surface area contributed by atoms with Crippen molar-refractivity contribution in [1.29, 1.82) is 0 Å². The van der Waals surface area contributed by atoms with E-state index in [0.717, 1.165) is 0 Å². The maximum Gasteiger partial charge on any atom is 0.275 e. The number of carbonyl (C=O) groups is 2. The van der Waals surface area contributed by atoms with Gasteiger partial charge in [-0.25, -0.2) is 5.43 Å². The lowest BCUT2D eigenvalue weighted by Gasteiger charge is -2.09. The Morgan fingerprint density at radius 2 is 2.04 bits per heavy atom. The number of hydrazone groups is 1. The van der Waals surface area contributed by atoms with Crippen molar-refractivity contribution in [1.82, 2.24) is 5.43 Å². The molecule has 2 N–H and O–H groups in total. The zero-order chi connectivity index (χ0) is 17.5. The number of aromatic hydroxyl groups is 1. The number of phenols is 1. The average Bonchev–Trinajstić information content (AvgIpc) is 2.56. The molecule has 8 heteroatoms. The van der Waals surface area contributed by atoms with E-state index in [2.05, 4.69) is 26.5 Å². The van der Waals surface area contributed by atoms with Crippen LogP contribution < -0.4 is 15.3 Å². The van der Waals surface area contributed by atoms with Crippen LogP contribution in [-0.4, -0.2) is 29.8 Å². The van der Waals surface area contributed by atoms with Gasteiger partial charge in [-0.2, -0.15) is 5.10 Å². The number of carboxylic acid groups (broad SMARTS) is 1. The Balaban J connectivity index is 2.07. The van der Waals surface area contributed by atoms with Crippen LogP contribution >= 0.6 is 15.9 Å². The van der Waals surface area contributed by atoms with Crippen molar-refractivity contribution < 1.29 is 24.5 Å². The highest BCUT2D eigenvalue weighted by atomic mass is 79.9. The van der Waals surface area contributed by atoms with Crippen LogP contribution in [0.1, 0.15) is 15.9 Å². The number of benzene rings is 2. The van der Waals surface area contributed by atoms with Crippen LogP contribution in [0.4, 0.5) is 0 Å². The smallest absolute Gasteiger partial charge is 0.275 e. The fraction of sp³-hybridized carbons (Fsp3) is 0.0625. The van der Waals surface area contributed by atoms with Crippen molar-refractivity contribution >= 4 is 34.0 Å². The number of amides is 1. The zero-order valence-electron chi connectivity index (χ0n) is 12.2. The number of halogens is 1. The van der Waals surface area contributed by atoms with Gasteiger partial charge in [0, 0.05) is 10.0 Å². The number of para-hydroxylation sites is 1. The first-order valence-electron chi connectivity index (χ1n) is 6.71. The van der Waals surface area contributed by atoms with Crippen molar-refractivity contribution in [3.8, 4) is 11.5 Å². The summed E-state index contributed by atoms with van der Waals surface area (Å²) in [5.74, 6) is -1.84. The molecule has 0 bridgehead atoms. The molecule has 0 spiro atoms. The number of ether oxygens (including phenoxy) is 1. The lowest BCUT2D eigenvalue weighted by Crippen LogP contribution is -2.29. The third-order valence-electron chi connectivity index (χ3n) is 2.84. The highest BCUT2D eigenvalue weighted by Crippen LogP contribution is 2.21. The Morgan fingerprint density at radius 3 is 2.79 bits per heavy atom. The maximum atomic E-state index is 12.0. The van der Waals surface area contributed by atoms with Gasteiger partial charge in [0.2, 0.25) is 0 Å². The normalized spacial score (nSPS) is 10.5. The van der Waals surface area contributed by atoms with Crippen LogP contribution in [0.5, 0.6) is 11.5 Å². The number of nitrogens with one attached hydrogen (secondary N) is 1. The number of phenolic OH excluding ortho intramolecular Hbond substituents is 1. The van der Waals surface area contributed by atoms with Gasteiger partial charge < -0.3 is 19.7 Å². The molecule has 0 saturated heterocycles. The van der Waals surface area contributed by atoms with Crippen molar-refractivity contribution in [2.24, 2.45) is 5.10 Å². The Labute approximate surface area is 145 Å². The van der Waals surface area contributed by atoms with Gasteiger partial charge in [0.1, 0.15) is 18.1 Å². The number of hydrogen-bond acceptors (Lipinski definition) is 6. The van der Waals surface area contributed by atoms with Gasteiger partial charge in [-0.15, -0.1) is 0 Å². The highest BCUT2D eigenvalue weighted by Gasteiger charge is 2.10. The molecule has 0 atom stereocenters. The van der Waals surface area contributed by atoms with E-state index in [1.165, 1.54) is 18.3 Å². The molecule has 0 aliphatic carbocycles. The van der Waals surface area contributed by atoms with E-state index in [0.29, 0.717) is 10.0 Å². The van der Waals surface area contributed by atoms with E-state index in [-0.39, 0.29) is 17.1 Å². The number of carboxylic acids is 1. The molecular weight excluding hydrogens is 380 g/mol. The van der Waals surface area contributed by atoms with Crippen LogP contribution in [-0.2, 0) is 4.79 Å². The standard InChI is InChI=1S/C16H13BrN2O5/c17-11-5-6-13(20)12(7-11)16(23)19-18-8-10-3-1-2-4-14(10)24-9-15(21)22/h1-8,20H,9H2,(H,19,23)(H,21,22)/p-1. The topological polar surface area (TPSA) is 111 Å². The minimum Gasteiger partial charge on any atom is -0.546 e. The van der Waals surface area contributed by atoms with Crippen LogP contribution in [0.25, 0.3) is 0 Å². The molecule has 0 saturated carbocycles. The first kappa shape index (κ1) is 17.5. The summed E-state index contributed by atoms with van der Waals surface area (Å²) in [6.07, 6.45) is 1.30. The van der Waals surface area contributed by atoms with Crippen LogP contribution in [0.15, 0.2) is 52.0 Å². The highest BCUT2D eigenvalue weighted by molar-refractivity contribution is 9.10. The largest absolute Gasteiger partial charge is 0.546 e. The molecule has 2 rings (SSSR count). The van der Waals surface area contributed by atoms with Gasteiger partial charge in [0.05, 0.1) is 17.7 Å². The molecule has 0 fully saturated rings. The lowest BCUT2D eigenvalue weighted by atomic mass is 10.2. The summed E-state index contributed by atoms with van der Waals surface area (Å²) in [4.78, 5) is 22.4. The molecular formula is C16H12BrN2O5-. The second-order valence-electron chi connectivity index (χ2n) is 4.56. The van der Waals surface area contributed by atoms with Crippen molar-refractivity contribution in [3.05, 3.63) is 58.1 Å². The van der Waals surface area contributed by atoms with Gasteiger partial charge >= 0.3 is 0 Å². The minimum atomic E-state index is -1.35. The quantitative estimate of drug-likeness (QED) is 0.564. The molecule has 2 aromatic rings. The Morgan fingerprint density at radius 1 is 1.29 bits per heavy atom. The predicted molar refractivity (Wildman–Crippen MR) is 87.8 cm³/mol. The maximum absolute atomic E-state index is 12.0. The molecule has 0 unspecified atom stereocenters. The first-order chi connectivity index (χ1) is 11.5. The van der Waals surface area contributed by atoms with E-state index >= 15 is 0 Å². The fourth-order valence-electron chi connectivity index (χ4n) is 1.77. The van der Waals surface area contributed by atoms with Crippen molar-refractivity contribution in [2.45, 2.75) is 0 Å².